The highest BCUT2D eigenvalue weighted by molar-refractivity contribution is 7.12. The molecular formula is C18H23NO3S2. The summed E-state index contributed by atoms with van der Waals surface area (Å²) in [6, 6.07) is 7.72. The molecule has 0 atom stereocenters. The van der Waals surface area contributed by atoms with Crippen LogP contribution in [0.1, 0.15) is 42.4 Å². The van der Waals surface area contributed by atoms with Gasteiger partial charge >= 0.3 is 5.97 Å². The summed E-state index contributed by atoms with van der Waals surface area (Å²) in [6.07, 6.45) is 3.54. The minimum Gasteiger partial charge on any atom is -0.457 e. The molecule has 0 unspecified atom stereocenters. The van der Waals surface area contributed by atoms with E-state index >= 15 is 0 Å². The molecule has 1 saturated carbocycles. The van der Waals surface area contributed by atoms with Gasteiger partial charge in [-0.15, -0.1) is 22.7 Å². The van der Waals surface area contributed by atoms with E-state index in [0.29, 0.717) is 15.8 Å². The van der Waals surface area contributed by atoms with Crippen LogP contribution < -0.4 is 5.32 Å². The predicted octanol–water partition coefficient (Wildman–Crippen LogP) is 3.51. The summed E-state index contributed by atoms with van der Waals surface area (Å²) in [4.78, 5) is 14.2. The van der Waals surface area contributed by atoms with Gasteiger partial charge in [-0.05, 0) is 62.5 Å². The molecule has 3 rings (SSSR count). The van der Waals surface area contributed by atoms with Crippen molar-refractivity contribution >= 4 is 28.6 Å². The zero-order valence-electron chi connectivity index (χ0n) is 14.0. The van der Waals surface area contributed by atoms with Gasteiger partial charge in [-0.3, -0.25) is 0 Å². The first-order valence-corrected chi connectivity index (χ1v) is 9.95. The predicted molar refractivity (Wildman–Crippen MR) is 97.4 cm³/mol. The Bertz CT molecular complexity index is 624. The maximum atomic E-state index is 13.0. The molecule has 2 aromatic rings. The van der Waals surface area contributed by atoms with Gasteiger partial charge in [-0.25, -0.2) is 4.79 Å². The zero-order valence-corrected chi connectivity index (χ0v) is 15.6. The van der Waals surface area contributed by atoms with E-state index in [4.69, 9.17) is 4.74 Å². The lowest BCUT2D eigenvalue weighted by molar-refractivity contribution is -0.179. The van der Waals surface area contributed by atoms with E-state index in [9.17, 15) is 9.90 Å². The van der Waals surface area contributed by atoms with Gasteiger partial charge in [0, 0.05) is 6.04 Å². The molecule has 24 heavy (non-hydrogen) atoms. The Balaban J connectivity index is 1.83. The molecule has 2 heterocycles. The number of nitrogens with one attached hydrogen (secondary N) is 1. The first kappa shape index (κ1) is 17.6. The number of ether oxygens (including phenoxy) is 1. The SMILES string of the molecule is CNC1CCC(C)(OC(=O)C(O)(c2cccs2)c2cccs2)CC1. The fourth-order valence-electron chi connectivity index (χ4n) is 3.21. The third kappa shape index (κ3) is 3.28. The van der Waals surface area contributed by atoms with Crippen molar-refractivity contribution in [3.63, 3.8) is 0 Å². The van der Waals surface area contributed by atoms with E-state index in [2.05, 4.69) is 5.32 Å². The van der Waals surface area contributed by atoms with Crippen molar-refractivity contribution in [1.82, 2.24) is 5.32 Å². The van der Waals surface area contributed by atoms with Gasteiger partial charge in [0.25, 0.3) is 0 Å². The Hall–Kier alpha value is -1.21. The smallest absolute Gasteiger partial charge is 0.349 e. The van der Waals surface area contributed by atoms with Crippen LogP contribution in [0.4, 0.5) is 0 Å². The second-order valence-electron chi connectivity index (χ2n) is 6.57. The van der Waals surface area contributed by atoms with Crippen molar-refractivity contribution in [2.75, 3.05) is 7.05 Å². The normalized spacial score (nSPS) is 24.7. The van der Waals surface area contributed by atoms with Crippen LogP contribution in [0, 0.1) is 0 Å². The highest BCUT2D eigenvalue weighted by Gasteiger charge is 2.47. The number of thiophene rings is 2. The summed E-state index contributed by atoms with van der Waals surface area (Å²) in [5, 5.41) is 18.3. The second kappa shape index (κ2) is 6.96. The molecule has 0 amide bonds. The van der Waals surface area contributed by atoms with E-state index in [1.54, 1.807) is 12.1 Å². The van der Waals surface area contributed by atoms with E-state index in [0.717, 1.165) is 25.7 Å². The fourth-order valence-corrected chi connectivity index (χ4v) is 4.92. The number of rotatable bonds is 5. The van der Waals surface area contributed by atoms with Gasteiger partial charge in [0.1, 0.15) is 5.60 Å². The first-order valence-electron chi connectivity index (χ1n) is 8.19. The van der Waals surface area contributed by atoms with E-state index < -0.39 is 17.2 Å². The summed E-state index contributed by atoms with van der Waals surface area (Å²) in [5.74, 6) is -0.571. The lowest BCUT2D eigenvalue weighted by Crippen LogP contribution is -2.46. The van der Waals surface area contributed by atoms with Crippen molar-refractivity contribution in [3.8, 4) is 0 Å². The number of carbonyl (C=O) groups excluding carboxylic acids is 1. The van der Waals surface area contributed by atoms with Crippen LogP contribution in [0.5, 0.6) is 0 Å². The van der Waals surface area contributed by atoms with Crippen LogP contribution >= 0.6 is 22.7 Å². The summed E-state index contributed by atoms with van der Waals surface area (Å²) < 4.78 is 5.88. The molecular weight excluding hydrogens is 342 g/mol. The molecule has 2 N–H and O–H groups in total. The molecule has 0 bridgehead atoms. The van der Waals surface area contributed by atoms with Crippen LogP contribution in [-0.2, 0) is 15.1 Å². The standard InChI is InChI=1S/C18H23NO3S2/c1-17(9-7-13(19-2)8-10-17)22-16(20)18(21,14-5-3-11-23-14)15-6-4-12-24-15/h3-6,11-13,19,21H,7-10H2,1-2H3. The van der Waals surface area contributed by atoms with Crippen LogP contribution in [0.25, 0.3) is 0 Å². The van der Waals surface area contributed by atoms with Gasteiger partial charge in [-0.1, -0.05) is 12.1 Å². The van der Waals surface area contributed by atoms with E-state index in [1.165, 1.54) is 22.7 Å². The Kier molecular flexibility index (Phi) is 5.11. The maximum absolute atomic E-state index is 13.0. The largest absolute Gasteiger partial charge is 0.457 e. The molecule has 6 heteroatoms. The summed E-state index contributed by atoms with van der Waals surface area (Å²) in [6.45, 7) is 1.97. The molecule has 0 aromatic carbocycles. The number of aliphatic hydroxyl groups is 1. The molecule has 130 valence electrons. The number of hydrogen-bond donors (Lipinski definition) is 2. The molecule has 1 aliphatic rings. The lowest BCUT2D eigenvalue weighted by Gasteiger charge is -2.38. The Morgan fingerprint density at radius 1 is 1.25 bits per heavy atom. The van der Waals surface area contributed by atoms with Crippen molar-refractivity contribution < 1.29 is 14.6 Å². The highest BCUT2D eigenvalue weighted by Crippen LogP contribution is 2.40. The third-order valence-electron chi connectivity index (χ3n) is 4.84. The Morgan fingerprint density at radius 2 is 1.79 bits per heavy atom. The van der Waals surface area contributed by atoms with E-state index in [1.807, 2.05) is 36.9 Å². The average Bonchev–Trinajstić information content (AvgIpc) is 3.28. The minimum absolute atomic E-state index is 0.477. The molecule has 0 spiro atoms. The maximum Gasteiger partial charge on any atom is 0.349 e. The topological polar surface area (TPSA) is 58.6 Å². The van der Waals surface area contributed by atoms with Crippen LogP contribution in [-0.4, -0.2) is 29.8 Å². The number of carbonyl (C=O) groups is 1. The Labute approximate surface area is 150 Å². The van der Waals surface area contributed by atoms with Crippen molar-refractivity contribution in [2.45, 2.75) is 49.9 Å². The van der Waals surface area contributed by atoms with Crippen LogP contribution in [0.3, 0.4) is 0 Å². The van der Waals surface area contributed by atoms with Gasteiger partial charge in [0.05, 0.1) is 9.75 Å². The first-order chi connectivity index (χ1) is 11.5. The molecule has 0 saturated heterocycles. The molecule has 1 fully saturated rings. The van der Waals surface area contributed by atoms with Crippen molar-refractivity contribution in [1.29, 1.82) is 0 Å². The van der Waals surface area contributed by atoms with E-state index in [-0.39, 0.29) is 0 Å². The molecule has 0 radical (unpaired) electrons. The second-order valence-corrected chi connectivity index (χ2v) is 8.46. The number of hydrogen-bond acceptors (Lipinski definition) is 6. The zero-order chi connectivity index (χ0) is 17.2. The summed E-state index contributed by atoms with van der Waals surface area (Å²) in [5.41, 5.74) is -2.24. The summed E-state index contributed by atoms with van der Waals surface area (Å²) >= 11 is 2.73. The van der Waals surface area contributed by atoms with Crippen LogP contribution in [0.2, 0.25) is 0 Å². The monoisotopic (exact) mass is 365 g/mol. The van der Waals surface area contributed by atoms with Crippen molar-refractivity contribution in [3.05, 3.63) is 44.8 Å². The van der Waals surface area contributed by atoms with Gasteiger partial charge < -0.3 is 15.2 Å². The quantitative estimate of drug-likeness (QED) is 0.796. The highest BCUT2D eigenvalue weighted by atomic mass is 32.1. The lowest BCUT2D eigenvalue weighted by atomic mass is 9.83. The summed E-state index contributed by atoms with van der Waals surface area (Å²) in [7, 11) is 1.96. The fraction of sp³-hybridized carbons (Fsp3) is 0.500. The third-order valence-corrected chi connectivity index (χ3v) is 6.80. The number of esters is 1. The van der Waals surface area contributed by atoms with Gasteiger partial charge in [0.15, 0.2) is 0 Å². The van der Waals surface area contributed by atoms with Gasteiger partial charge in [-0.2, -0.15) is 0 Å². The van der Waals surface area contributed by atoms with Crippen LogP contribution in [0.15, 0.2) is 35.0 Å². The van der Waals surface area contributed by atoms with Crippen molar-refractivity contribution in [2.24, 2.45) is 0 Å². The molecule has 4 nitrogen and oxygen atoms in total. The average molecular weight is 366 g/mol. The molecule has 2 aromatic heterocycles. The molecule has 0 aliphatic heterocycles. The molecule has 1 aliphatic carbocycles. The van der Waals surface area contributed by atoms with Gasteiger partial charge in [0.2, 0.25) is 5.60 Å². The Morgan fingerprint density at radius 3 is 2.21 bits per heavy atom. The minimum atomic E-state index is -1.72.